The van der Waals surface area contributed by atoms with E-state index in [0.717, 1.165) is 19.5 Å². The molecule has 2 aromatic carbocycles. The van der Waals surface area contributed by atoms with E-state index in [2.05, 4.69) is 27.3 Å². The minimum atomic E-state index is -0.548. The summed E-state index contributed by atoms with van der Waals surface area (Å²) in [6, 6.07) is 9.61. The molecule has 4 heterocycles. The SMILES string of the molecule is CN1CC2(COC2)C1.Cc1cc(CC(=O)Nc2cnn(C(C)(C)C)c2)c(F)cc1Oc1ccnc2ccc(C=O)cc12. The second-order valence-corrected chi connectivity index (χ2v) is 12.2. The Morgan fingerprint density at radius 1 is 1.17 bits per heavy atom. The molecule has 2 aliphatic heterocycles. The van der Waals surface area contributed by atoms with Crippen LogP contribution in [0.2, 0.25) is 0 Å². The monoisotopic (exact) mass is 573 g/mol. The van der Waals surface area contributed by atoms with Crippen LogP contribution in [0.25, 0.3) is 10.9 Å². The number of nitrogens with one attached hydrogen (secondary N) is 1. The van der Waals surface area contributed by atoms with Gasteiger partial charge in [-0.15, -0.1) is 0 Å². The predicted octanol–water partition coefficient (Wildman–Crippen LogP) is 5.37. The van der Waals surface area contributed by atoms with E-state index < -0.39 is 5.82 Å². The fraction of sp³-hybridized carbons (Fsp3) is 0.375. The molecule has 0 radical (unpaired) electrons. The van der Waals surface area contributed by atoms with Gasteiger partial charge in [0.1, 0.15) is 23.6 Å². The third-order valence-electron chi connectivity index (χ3n) is 7.36. The molecule has 2 saturated heterocycles. The number of likely N-dealkylation sites (tertiary alicyclic amines) is 1. The van der Waals surface area contributed by atoms with Crippen LogP contribution in [0.5, 0.6) is 11.5 Å². The van der Waals surface area contributed by atoms with E-state index in [0.29, 0.717) is 44.6 Å². The van der Waals surface area contributed by atoms with Gasteiger partial charge in [-0.25, -0.2) is 4.39 Å². The second kappa shape index (κ2) is 11.6. The van der Waals surface area contributed by atoms with E-state index in [-0.39, 0.29) is 23.4 Å². The third kappa shape index (κ3) is 6.50. The van der Waals surface area contributed by atoms with Gasteiger partial charge in [-0.1, -0.05) is 0 Å². The largest absolute Gasteiger partial charge is 0.456 e. The summed E-state index contributed by atoms with van der Waals surface area (Å²) in [6.45, 7) is 12.3. The lowest BCUT2D eigenvalue weighted by Crippen LogP contribution is -2.64. The number of pyridine rings is 1. The zero-order chi connectivity index (χ0) is 30.1. The van der Waals surface area contributed by atoms with E-state index in [4.69, 9.17) is 9.47 Å². The summed E-state index contributed by atoms with van der Waals surface area (Å²) >= 11 is 0. The van der Waals surface area contributed by atoms with Crippen LogP contribution in [0.1, 0.15) is 42.3 Å². The summed E-state index contributed by atoms with van der Waals surface area (Å²) in [5, 5.41) is 7.65. The minimum absolute atomic E-state index is 0.130. The summed E-state index contributed by atoms with van der Waals surface area (Å²) < 4.78 is 27.7. The van der Waals surface area contributed by atoms with Crippen molar-refractivity contribution in [1.82, 2.24) is 19.7 Å². The molecule has 2 aromatic heterocycles. The molecule has 0 aliphatic carbocycles. The third-order valence-corrected chi connectivity index (χ3v) is 7.36. The smallest absolute Gasteiger partial charge is 0.228 e. The summed E-state index contributed by atoms with van der Waals surface area (Å²) in [4.78, 5) is 30.3. The highest BCUT2D eigenvalue weighted by atomic mass is 19.1. The van der Waals surface area contributed by atoms with Crippen LogP contribution >= 0.6 is 0 Å². The van der Waals surface area contributed by atoms with Crippen molar-refractivity contribution in [1.29, 1.82) is 0 Å². The first kappa shape index (κ1) is 29.3. The molecule has 1 amide bonds. The molecule has 0 saturated carbocycles. The molecule has 1 spiro atoms. The van der Waals surface area contributed by atoms with Crippen molar-refractivity contribution in [3.05, 3.63) is 77.5 Å². The van der Waals surface area contributed by atoms with Gasteiger partial charge < -0.3 is 19.7 Å². The van der Waals surface area contributed by atoms with E-state index in [1.54, 1.807) is 60.5 Å². The highest BCUT2D eigenvalue weighted by Gasteiger charge is 2.47. The highest BCUT2D eigenvalue weighted by Crippen LogP contribution is 2.36. The maximum absolute atomic E-state index is 14.9. The molecule has 4 aromatic rings. The lowest BCUT2D eigenvalue weighted by Gasteiger charge is -2.53. The summed E-state index contributed by atoms with van der Waals surface area (Å²) in [7, 11) is 2.16. The Bertz CT molecular complexity index is 1620. The Morgan fingerprint density at radius 3 is 2.52 bits per heavy atom. The van der Waals surface area contributed by atoms with Gasteiger partial charge in [-0.05, 0) is 76.2 Å². The topological polar surface area (TPSA) is 98.6 Å². The van der Waals surface area contributed by atoms with Crippen LogP contribution in [0, 0.1) is 18.2 Å². The summed E-state index contributed by atoms with van der Waals surface area (Å²) in [6.07, 6.45) is 5.51. The number of aromatic nitrogens is 3. The number of nitrogens with zero attached hydrogens (tertiary/aromatic N) is 4. The van der Waals surface area contributed by atoms with Gasteiger partial charge in [0.05, 0.1) is 42.6 Å². The van der Waals surface area contributed by atoms with Crippen LogP contribution in [-0.2, 0) is 21.5 Å². The molecular formula is C32H36FN5O4. The Kier molecular flexibility index (Phi) is 8.12. The highest BCUT2D eigenvalue weighted by molar-refractivity contribution is 5.92. The van der Waals surface area contributed by atoms with Crippen molar-refractivity contribution in [2.24, 2.45) is 5.41 Å². The van der Waals surface area contributed by atoms with Crippen molar-refractivity contribution in [3.63, 3.8) is 0 Å². The van der Waals surface area contributed by atoms with Crippen LogP contribution < -0.4 is 10.1 Å². The zero-order valence-corrected chi connectivity index (χ0v) is 24.6. The van der Waals surface area contributed by atoms with E-state index in [9.17, 15) is 14.0 Å². The Labute approximate surface area is 244 Å². The number of carbonyl (C=O) groups is 2. The molecule has 10 heteroatoms. The van der Waals surface area contributed by atoms with Crippen molar-refractivity contribution in [2.45, 2.75) is 39.7 Å². The molecule has 2 aliphatic rings. The lowest BCUT2D eigenvalue weighted by molar-refractivity contribution is -0.182. The first-order valence-electron chi connectivity index (χ1n) is 13.9. The molecule has 2 fully saturated rings. The number of ether oxygens (including phenoxy) is 2. The lowest BCUT2D eigenvalue weighted by atomic mass is 9.79. The number of aryl methyl sites for hydroxylation is 1. The number of carbonyl (C=O) groups excluding carboxylic acids is 2. The van der Waals surface area contributed by atoms with Crippen molar-refractivity contribution < 1.29 is 23.5 Å². The second-order valence-electron chi connectivity index (χ2n) is 12.2. The normalized spacial score (nSPS) is 15.8. The fourth-order valence-electron chi connectivity index (χ4n) is 5.19. The number of benzene rings is 2. The summed E-state index contributed by atoms with van der Waals surface area (Å²) in [5.74, 6) is -0.121. The van der Waals surface area contributed by atoms with Crippen molar-refractivity contribution in [2.75, 3.05) is 38.7 Å². The molecule has 9 nitrogen and oxygen atoms in total. The average molecular weight is 574 g/mol. The molecule has 1 N–H and O–H groups in total. The van der Waals surface area contributed by atoms with Gasteiger partial charge >= 0.3 is 0 Å². The molecular weight excluding hydrogens is 537 g/mol. The van der Waals surface area contributed by atoms with Crippen LogP contribution in [0.15, 0.2) is 55.0 Å². The number of hydrogen-bond acceptors (Lipinski definition) is 7. The Morgan fingerprint density at radius 2 is 1.93 bits per heavy atom. The van der Waals surface area contributed by atoms with Gasteiger partial charge in [0.2, 0.25) is 5.91 Å². The minimum Gasteiger partial charge on any atom is -0.456 e. The molecule has 0 bridgehead atoms. The summed E-state index contributed by atoms with van der Waals surface area (Å²) in [5.41, 5.74) is 3.03. The van der Waals surface area contributed by atoms with Crippen molar-refractivity contribution in [3.8, 4) is 11.5 Å². The zero-order valence-electron chi connectivity index (χ0n) is 24.6. The van der Waals surface area contributed by atoms with Crippen LogP contribution in [0.3, 0.4) is 0 Å². The van der Waals surface area contributed by atoms with Gasteiger partial charge in [-0.3, -0.25) is 19.3 Å². The van der Waals surface area contributed by atoms with E-state index in [1.807, 2.05) is 20.8 Å². The Balaban J connectivity index is 0.000000375. The number of rotatable bonds is 6. The average Bonchev–Trinajstić information content (AvgIpc) is 3.38. The standard InChI is InChI=1S/C26H25FN4O3.C6H11NO/c1-16-9-18(11-25(33)30-19-13-29-31(14-19)26(2,3)4)21(27)12-24(16)34-23-7-8-28-22-6-5-17(15-32)10-20(22)23;1-7-2-6(3-7)4-8-5-6/h5-10,12-15H,11H2,1-4H3,(H,30,33);2-5H2,1H3. The van der Waals surface area contributed by atoms with Gasteiger partial charge in [0, 0.05) is 47.9 Å². The number of hydrogen-bond donors (Lipinski definition) is 1. The maximum Gasteiger partial charge on any atom is 0.228 e. The fourth-order valence-corrected chi connectivity index (χ4v) is 5.19. The van der Waals surface area contributed by atoms with E-state index in [1.165, 1.54) is 19.2 Å². The molecule has 220 valence electrons. The van der Waals surface area contributed by atoms with E-state index >= 15 is 0 Å². The first-order valence-corrected chi connectivity index (χ1v) is 13.9. The molecule has 0 atom stereocenters. The van der Waals surface area contributed by atoms with Gasteiger partial charge in [0.25, 0.3) is 0 Å². The number of amides is 1. The quantitative estimate of drug-likeness (QED) is 0.310. The number of aldehydes is 1. The van der Waals surface area contributed by atoms with Gasteiger partial charge in [0.15, 0.2) is 0 Å². The number of halogens is 1. The first-order chi connectivity index (χ1) is 19.9. The van der Waals surface area contributed by atoms with Crippen LogP contribution in [0.4, 0.5) is 10.1 Å². The predicted molar refractivity (Wildman–Crippen MR) is 159 cm³/mol. The number of fused-ring (bicyclic) bond motifs is 1. The molecule has 42 heavy (non-hydrogen) atoms. The maximum atomic E-state index is 14.9. The molecule has 6 rings (SSSR count). The van der Waals surface area contributed by atoms with Crippen LogP contribution in [-0.4, -0.2) is 65.2 Å². The molecule has 0 unspecified atom stereocenters. The Hall–Kier alpha value is -4.15. The van der Waals surface area contributed by atoms with Gasteiger partial charge in [-0.2, -0.15) is 5.10 Å². The number of anilines is 1. The van der Waals surface area contributed by atoms with Crippen molar-refractivity contribution >= 4 is 28.8 Å².